The second kappa shape index (κ2) is 11.1. The Morgan fingerprint density at radius 2 is 1.91 bits per heavy atom. The molecule has 1 aliphatic rings. The van der Waals surface area contributed by atoms with E-state index in [-0.39, 0.29) is 6.04 Å². The number of rotatable bonds is 10. The molecule has 33 heavy (non-hydrogen) atoms. The smallest absolute Gasteiger partial charge is 0.161 e. The van der Waals surface area contributed by atoms with Gasteiger partial charge in [-0.1, -0.05) is 44.2 Å². The van der Waals surface area contributed by atoms with Crippen molar-refractivity contribution in [2.75, 3.05) is 13.7 Å². The quantitative estimate of drug-likeness (QED) is 0.412. The first-order valence-electron chi connectivity index (χ1n) is 11.9. The molecule has 0 amide bonds. The maximum absolute atomic E-state index is 6.42. The van der Waals surface area contributed by atoms with Crippen molar-refractivity contribution in [2.24, 2.45) is 5.73 Å². The van der Waals surface area contributed by atoms with Crippen LogP contribution in [0.15, 0.2) is 42.5 Å². The number of fused-ring (bicyclic) bond motifs is 1. The van der Waals surface area contributed by atoms with Crippen LogP contribution in [0.5, 0.6) is 11.5 Å². The van der Waals surface area contributed by atoms with E-state index >= 15 is 0 Å². The molecule has 1 heterocycles. The molecule has 0 spiro atoms. The van der Waals surface area contributed by atoms with E-state index in [0.717, 1.165) is 34.9 Å². The van der Waals surface area contributed by atoms with Gasteiger partial charge in [-0.15, -0.1) is 11.3 Å². The highest BCUT2D eigenvalue weighted by Crippen LogP contribution is 2.31. The first kappa shape index (κ1) is 23.7. The van der Waals surface area contributed by atoms with Gasteiger partial charge in [-0.2, -0.15) is 0 Å². The molecule has 0 aliphatic heterocycles. The lowest BCUT2D eigenvalue weighted by Crippen LogP contribution is -2.26. The van der Waals surface area contributed by atoms with Crippen molar-refractivity contribution < 1.29 is 9.47 Å². The van der Waals surface area contributed by atoms with Gasteiger partial charge in [0.05, 0.1) is 18.8 Å². The normalized spacial score (nSPS) is 14.2. The summed E-state index contributed by atoms with van der Waals surface area (Å²) in [7, 11) is 1.68. The van der Waals surface area contributed by atoms with Crippen molar-refractivity contribution in [2.45, 2.75) is 64.6 Å². The number of methoxy groups -OCH3 is 1. The summed E-state index contributed by atoms with van der Waals surface area (Å²) in [5.41, 5.74) is 11.3. The highest BCUT2D eigenvalue weighted by Gasteiger charge is 2.18. The lowest BCUT2D eigenvalue weighted by Gasteiger charge is -2.16. The number of benzene rings is 2. The summed E-state index contributed by atoms with van der Waals surface area (Å²) in [5, 5.41) is 4.53. The van der Waals surface area contributed by atoms with Gasteiger partial charge < -0.3 is 20.5 Å². The van der Waals surface area contributed by atoms with Gasteiger partial charge in [0.1, 0.15) is 11.6 Å². The molecule has 1 aromatic heterocycles. The van der Waals surface area contributed by atoms with E-state index < -0.39 is 0 Å². The molecule has 176 valence electrons. The molecule has 0 saturated carbocycles. The zero-order valence-electron chi connectivity index (χ0n) is 19.9. The molecule has 0 fully saturated rings. The van der Waals surface area contributed by atoms with E-state index in [9.17, 15) is 0 Å². The van der Waals surface area contributed by atoms with Crippen LogP contribution in [0.25, 0.3) is 0 Å². The second-order valence-corrected chi connectivity index (χ2v) is 10.1. The summed E-state index contributed by atoms with van der Waals surface area (Å²) in [6.45, 7) is 6.34. The molecule has 4 rings (SSSR count). The van der Waals surface area contributed by atoms with Crippen molar-refractivity contribution >= 4 is 11.3 Å². The van der Waals surface area contributed by atoms with Gasteiger partial charge in [0, 0.05) is 18.0 Å². The Morgan fingerprint density at radius 1 is 1.09 bits per heavy atom. The van der Waals surface area contributed by atoms with Gasteiger partial charge in [0.15, 0.2) is 11.5 Å². The lowest BCUT2D eigenvalue weighted by atomic mass is 9.98. The second-order valence-electron chi connectivity index (χ2n) is 8.99. The van der Waals surface area contributed by atoms with Crippen LogP contribution in [0, 0.1) is 0 Å². The number of nitrogens with two attached hydrogens (primary N) is 1. The fraction of sp³-hybridized carbons (Fsp3) is 0.444. The molecule has 0 saturated heterocycles. The summed E-state index contributed by atoms with van der Waals surface area (Å²) >= 11 is 1.79. The Labute approximate surface area is 201 Å². The maximum Gasteiger partial charge on any atom is 0.161 e. The van der Waals surface area contributed by atoms with Crippen LogP contribution >= 0.6 is 11.3 Å². The van der Waals surface area contributed by atoms with Crippen LogP contribution in [-0.4, -0.2) is 18.6 Å². The highest BCUT2D eigenvalue weighted by molar-refractivity contribution is 7.11. The fourth-order valence-electron chi connectivity index (χ4n) is 4.32. The first-order valence-corrected chi connectivity index (χ1v) is 12.7. The largest absolute Gasteiger partial charge is 0.493 e. The van der Waals surface area contributed by atoms with Crippen LogP contribution in [0.4, 0.5) is 0 Å². The van der Waals surface area contributed by atoms with E-state index in [0.29, 0.717) is 25.6 Å². The predicted octanol–water partition coefficient (Wildman–Crippen LogP) is 5.52. The summed E-state index contributed by atoms with van der Waals surface area (Å²) < 4.78 is 11.7. The minimum atomic E-state index is -0.0777. The van der Waals surface area contributed by atoms with Crippen molar-refractivity contribution in [1.82, 2.24) is 10.3 Å². The molecule has 3 aromatic rings. The number of hydrogen-bond donors (Lipinski definition) is 2. The minimum absolute atomic E-state index is 0.0777. The minimum Gasteiger partial charge on any atom is -0.493 e. The molecule has 1 aliphatic carbocycles. The Hall–Kier alpha value is -2.41. The van der Waals surface area contributed by atoms with E-state index in [1.807, 2.05) is 12.1 Å². The number of nitrogens with one attached hydrogen (secondary N) is 1. The Kier molecular flexibility index (Phi) is 8.02. The van der Waals surface area contributed by atoms with Crippen molar-refractivity contribution in [3.8, 4) is 11.5 Å². The number of hydrogen-bond acceptors (Lipinski definition) is 6. The van der Waals surface area contributed by atoms with Gasteiger partial charge in [0.2, 0.25) is 0 Å². The molecule has 1 unspecified atom stereocenters. The topological polar surface area (TPSA) is 69.4 Å². The molecular weight excluding hydrogens is 430 g/mol. The number of nitrogens with zero attached hydrogens (tertiary/aromatic N) is 1. The number of thiazole rings is 1. The molecule has 1 atom stereocenters. The van der Waals surface area contributed by atoms with Crippen molar-refractivity contribution in [1.29, 1.82) is 0 Å². The Morgan fingerprint density at radius 3 is 2.70 bits per heavy atom. The van der Waals surface area contributed by atoms with Gasteiger partial charge >= 0.3 is 0 Å². The van der Waals surface area contributed by atoms with Crippen LogP contribution in [0.1, 0.15) is 70.9 Å². The van der Waals surface area contributed by atoms with Crippen LogP contribution in [0.2, 0.25) is 0 Å². The predicted molar refractivity (Wildman–Crippen MR) is 135 cm³/mol. The number of aryl methyl sites for hydroxylation is 2. The van der Waals surface area contributed by atoms with Gasteiger partial charge in [-0.25, -0.2) is 4.98 Å². The van der Waals surface area contributed by atoms with E-state index in [4.69, 9.17) is 20.2 Å². The standard InChI is InChI=1S/C27H35N3O2S/c1-18(2)21-9-5-4-8-20(21)17-32-24-13-12-19(14-25(24)31-3)15-29-16-22(28)27-30-23-10-6-7-11-26(23)33-27/h4-5,8-9,12-14,18,22,29H,6-7,10-11,15-17,28H2,1-3H3. The average Bonchev–Trinajstić information content (AvgIpc) is 3.27. The van der Waals surface area contributed by atoms with E-state index in [1.165, 1.54) is 34.5 Å². The van der Waals surface area contributed by atoms with Crippen LogP contribution in [-0.2, 0) is 26.0 Å². The third-order valence-electron chi connectivity index (χ3n) is 6.16. The lowest BCUT2D eigenvalue weighted by molar-refractivity contribution is 0.283. The molecule has 0 radical (unpaired) electrons. The first-order chi connectivity index (χ1) is 16.0. The monoisotopic (exact) mass is 465 g/mol. The number of aromatic nitrogens is 1. The number of ether oxygens (including phenoxy) is 2. The molecule has 6 heteroatoms. The molecule has 3 N–H and O–H groups in total. The van der Waals surface area contributed by atoms with E-state index in [2.05, 4.69) is 49.5 Å². The summed E-state index contributed by atoms with van der Waals surface area (Å²) in [6.07, 6.45) is 4.77. The van der Waals surface area contributed by atoms with Crippen molar-refractivity contribution in [3.05, 3.63) is 74.7 Å². The molecular formula is C27H35N3O2S. The summed E-state index contributed by atoms with van der Waals surface area (Å²) in [5.74, 6) is 1.96. The van der Waals surface area contributed by atoms with Gasteiger partial charge in [-0.3, -0.25) is 0 Å². The highest BCUT2D eigenvalue weighted by atomic mass is 32.1. The zero-order valence-corrected chi connectivity index (χ0v) is 20.7. The van der Waals surface area contributed by atoms with Crippen LogP contribution < -0.4 is 20.5 Å². The van der Waals surface area contributed by atoms with Gasteiger partial charge in [0.25, 0.3) is 0 Å². The molecule has 0 bridgehead atoms. The van der Waals surface area contributed by atoms with E-state index in [1.54, 1.807) is 18.4 Å². The summed E-state index contributed by atoms with van der Waals surface area (Å²) in [4.78, 5) is 6.23. The Bertz CT molecular complexity index is 1040. The SMILES string of the molecule is COc1cc(CNCC(N)c2nc3c(s2)CCCC3)ccc1OCc1ccccc1C(C)C. The van der Waals surface area contributed by atoms with Crippen LogP contribution in [0.3, 0.4) is 0 Å². The molecule has 5 nitrogen and oxygen atoms in total. The third kappa shape index (κ3) is 5.94. The van der Waals surface area contributed by atoms with Gasteiger partial charge in [-0.05, 0) is 60.4 Å². The summed E-state index contributed by atoms with van der Waals surface area (Å²) in [6, 6.07) is 14.5. The maximum atomic E-state index is 6.42. The molecule has 2 aromatic carbocycles. The zero-order chi connectivity index (χ0) is 23.2. The fourth-order valence-corrected chi connectivity index (χ4v) is 5.47. The third-order valence-corrected chi connectivity index (χ3v) is 7.45. The Balaban J connectivity index is 1.32. The van der Waals surface area contributed by atoms with Crippen molar-refractivity contribution in [3.63, 3.8) is 0 Å². The average molecular weight is 466 g/mol.